The molecule has 24 heavy (non-hydrogen) atoms. The topological polar surface area (TPSA) is 33.2 Å². The van der Waals surface area contributed by atoms with Crippen LogP contribution in [-0.2, 0) is 17.8 Å². The Bertz CT molecular complexity index is 812. The Morgan fingerprint density at radius 1 is 1.00 bits per heavy atom. The number of nitrogens with zero attached hydrogens (tertiary/aromatic N) is 2. The maximum atomic E-state index is 13.0. The third-order valence-corrected chi connectivity index (χ3v) is 4.94. The number of para-hydroxylation sites is 1. The Morgan fingerprint density at radius 2 is 1.62 bits per heavy atom. The second-order valence-electron chi connectivity index (χ2n) is 5.72. The van der Waals surface area contributed by atoms with Crippen LogP contribution in [0.25, 0.3) is 0 Å². The van der Waals surface area contributed by atoms with Crippen LogP contribution in [-0.4, -0.2) is 10.9 Å². The van der Waals surface area contributed by atoms with Crippen LogP contribution in [0.5, 0.6) is 0 Å². The van der Waals surface area contributed by atoms with Crippen molar-refractivity contribution in [2.24, 2.45) is 0 Å². The molecule has 4 heteroatoms. The summed E-state index contributed by atoms with van der Waals surface area (Å²) in [5.41, 5.74) is 3.00. The molecule has 2 aromatic carbocycles. The van der Waals surface area contributed by atoms with Gasteiger partial charge < -0.3 is 4.90 Å². The van der Waals surface area contributed by atoms with Crippen molar-refractivity contribution in [3.8, 4) is 0 Å². The highest BCUT2D eigenvalue weighted by Gasteiger charge is 2.19. The summed E-state index contributed by atoms with van der Waals surface area (Å²) >= 11 is 1.60. The van der Waals surface area contributed by atoms with E-state index in [0.717, 1.165) is 26.8 Å². The number of aromatic nitrogens is 1. The van der Waals surface area contributed by atoms with E-state index >= 15 is 0 Å². The molecule has 3 nitrogen and oxygen atoms in total. The van der Waals surface area contributed by atoms with E-state index in [9.17, 15) is 4.79 Å². The first-order chi connectivity index (χ1) is 11.6. The third kappa shape index (κ3) is 3.89. The third-order valence-electron chi connectivity index (χ3n) is 3.86. The van der Waals surface area contributed by atoms with Gasteiger partial charge >= 0.3 is 0 Å². The minimum Gasteiger partial charge on any atom is -0.308 e. The molecule has 3 aromatic rings. The van der Waals surface area contributed by atoms with Crippen molar-refractivity contribution in [2.75, 3.05) is 4.90 Å². The summed E-state index contributed by atoms with van der Waals surface area (Å²) in [6.07, 6.45) is 0.388. The SMILES string of the molecule is Cc1nc(C)c(CC(=O)N(Cc2ccccc2)c2ccccc2)s1. The first-order valence-corrected chi connectivity index (χ1v) is 8.77. The van der Waals surface area contributed by atoms with E-state index in [0.29, 0.717) is 13.0 Å². The van der Waals surface area contributed by atoms with Crippen LogP contribution >= 0.6 is 11.3 Å². The van der Waals surface area contributed by atoms with Crippen molar-refractivity contribution in [3.05, 3.63) is 81.8 Å². The van der Waals surface area contributed by atoms with Gasteiger partial charge in [-0.05, 0) is 31.5 Å². The molecule has 0 radical (unpaired) electrons. The highest BCUT2D eigenvalue weighted by molar-refractivity contribution is 7.11. The number of benzene rings is 2. The molecule has 3 rings (SSSR count). The minimum atomic E-state index is 0.0943. The monoisotopic (exact) mass is 336 g/mol. The maximum absolute atomic E-state index is 13.0. The number of hydrogen-bond acceptors (Lipinski definition) is 3. The lowest BCUT2D eigenvalue weighted by Gasteiger charge is -2.23. The van der Waals surface area contributed by atoms with E-state index in [1.807, 2.05) is 79.4 Å². The molecule has 0 bridgehead atoms. The van der Waals surface area contributed by atoms with Gasteiger partial charge in [0, 0.05) is 10.6 Å². The molecule has 0 saturated carbocycles. The molecule has 0 saturated heterocycles. The predicted molar refractivity (Wildman–Crippen MR) is 99.4 cm³/mol. The van der Waals surface area contributed by atoms with Gasteiger partial charge in [0.15, 0.2) is 0 Å². The quantitative estimate of drug-likeness (QED) is 0.685. The van der Waals surface area contributed by atoms with Gasteiger partial charge in [-0.1, -0.05) is 48.5 Å². The van der Waals surface area contributed by atoms with Crippen molar-refractivity contribution in [2.45, 2.75) is 26.8 Å². The summed E-state index contributed by atoms with van der Waals surface area (Å²) in [6, 6.07) is 19.9. The van der Waals surface area contributed by atoms with Crippen LogP contribution in [0.1, 0.15) is 21.1 Å². The van der Waals surface area contributed by atoms with Gasteiger partial charge in [0.1, 0.15) is 0 Å². The highest BCUT2D eigenvalue weighted by Crippen LogP contribution is 2.22. The van der Waals surface area contributed by atoms with E-state index in [1.165, 1.54) is 0 Å². The fourth-order valence-electron chi connectivity index (χ4n) is 2.67. The first kappa shape index (κ1) is 16.4. The molecule has 1 heterocycles. The number of anilines is 1. The average Bonchev–Trinajstić information content (AvgIpc) is 2.91. The summed E-state index contributed by atoms with van der Waals surface area (Å²) in [6.45, 7) is 4.52. The zero-order valence-corrected chi connectivity index (χ0v) is 14.7. The number of thiazole rings is 1. The van der Waals surface area contributed by atoms with Gasteiger partial charge in [-0.15, -0.1) is 11.3 Å². The molecule has 0 aliphatic heterocycles. The Morgan fingerprint density at radius 3 is 2.21 bits per heavy atom. The number of carbonyl (C=O) groups is 1. The lowest BCUT2D eigenvalue weighted by atomic mass is 10.1. The van der Waals surface area contributed by atoms with Crippen LogP contribution in [0.15, 0.2) is 60.7 Å². The molecule has 0 aliphatic rings. The van der Waals surface area contributed by atoms with Crippen LogP contribution in [0, 0.1) is 13.8 Å². The van der Waals surface area contributed by atoms with E-state index in [-0.39, 0.29) is 5.91 Å². The number of rotatable bonds is 5. The summed E-state index contributed by atoms with van der Waals surface area (Å²) in [7, 11) is 0. The number of carbonyl (C=O) groups excluding carboxylic acids is 1. The molecule has 1 amide bonds. The molecule has 0 fully saturated rings. The normalized spacial score (nSPS) is 10.6. The van der Waals surface area contributed by atoms with E-state index in [1.54, 1.807) is 11.3 Å². The van der Waals surface area contributed by atoms with Crippen molar-refractivity contribution in [1.82, 2.24) is 4.98 Å². The average molecular weight is 336 g/mol. The van der Waals surface area contributed by atoms with Crippen molar-refractivity contribution >= 4 is 22.9 Å². The molecule has 0 N–H and O–H groups in total. The number of aryl methyl sites for hydroxylation is 2. The molecule has 0 aliphatic carbocycles. The molecule has 1 aromatic heterocycles. The van der Waals surface area contributed by atoms with Crippen molar-refractivity contribution in [1.29, 1.82) is 0 Å². The molecule has 0 spiro atoms. The first-order valence-electron chi connectivity index (χ1n) is 7.96. The second kappa shape index (κ2) is 7.41. The van der Waals surface area contributed by atoms with Crippen molar-refractivity contribution < 1.29 is 4.79 Å². The van der Waals surface area contributed by atoms with Gasteiger partial charge in [-0.25, -0.2) is 4.98 Å². The lowest BCUT2D eigenvalue weighted by molar-refractivity contribution is -0.118. The van der Waals surface area contributed by atoms with E-state index in [4.69, 9.17) is 0 Å². The lowest BCUT2D eigenvalue weighted by Crippen LogP contribution is -2.31. The Hall–Kier alpha value is -2.46. The summed E-state index contributed by atoms with van der Waals surface area (Å²) in [4.78, 5) is 20.3. The van der Waals surface area contributed by atoms with Crippen LogP contribution in [0.4, 0.5) is 5.69 Å². The largest absolute Gasteiger partial charge is 0.308 e. The van der Waals surface area contributed by atoms with Gasteiger partial charge in [0.2, 0.25) is 5.91 Å². The van der Waals surface area contributed by atoms with Gasteiger partial charge in [-0.2, -0.15) is 0 Å². The molecular weight excluding hydrogens is 316 g/mol. The van der Waals surface area contributed by atoms with Crippen LogP contribution < -0.4 is 4.90 Å². The molecule has 122 valence electrons. The molecular formula is C20H20N2OS. The maximum Gasteiger partial charge on any atom is 0.232 e. The Labute approximate surface area is 146 Å². The van der Waals surface area contributed by atoms with Crippen LogP contribution in [0.2, 0.25) is 0 Å². The van der Waals surface area contributed by atoms with Crippen LogP contribution in [0.3, 0.4) is 0 Å². The predicted octanol–water partition coefficient (Wildman–Crippen LogP) is 4.54. The smallest absolute Gasteiger partial charge is 0.232 e. The summed E-state index contributed by atoms with van der Waals surface area (Å²) < 4.78 is 0. The summed E-state index contributed by atoms with van der Waals surface area (Å²) in [5, 5.41) is 1.00. The molecule has 0 atom stereocenters. The highest BCUT2D eigenvalue weighted by atomic mass is 32.1. The molecule has 0 unspecified atom stereocenters. The number of amides is 1. The summed E-state index contributed by atoms with van der Waals surface area (Å²) in [5.74, 6) is 0.0943. The fraction of sp³-hybridized carbons (Fsp3) is 0.200. The van der Waals surface area contributed by atoms with E-state index < -0.39 is 0 Å². The standard InChI is InChI=1S/C20H20N2OS/c1-15-19(24-16(2)21-15)13-20(23)22(18-11-7-4-8-12-18)14-17-9-5-3-6-10-17/h3-12H,13-14H2,1-2H3. The van der Waals surface area contributed by atoms with Gasteiger partial charge in [0.25, 0.3) is 0 Å². The van der Waals surface area contributed by atoms with Gasteiger partial charge in [0.05, 0.1) is 23.7 Å². The Kier molecular flexibility index (Phi) is 5.06. The Balaban J connectivity index is 1.86. The zero-order valence-electron chi connectivity index (χ0n) is 13.9. The fourth-order valence-corrected chi connectivity index (χ4v) is 3.60. The van der Waals surface area contributed by atoms with E-state index in [2.05, 4.69) is 4.98 Å². The number of hydrogen-bond donors (Lipinski definition) is 0. The zero-order chi connectivity index (χ0) is 16.9. The van der Waals surface area contributed by atoms with Crippen molar-refractivity contribution in [3.63, 3.8) is 0 Å². The van der Waals surface area contributed by atoms with Gasteiger partial charge in [-0.3, -0.25) is 4.79 Å². The second-order valence-corrected chi connectivity index (χ2v) is 7.01. The minimum absolute atomic E-state index is 0.0943.